The van der Waals surface area contributed by atoms with Gasteiger partial charge in [-0.25, -0.2) is 4.79 Å². The predicted octanol–water partition coefficient (Wildman–Crippen LogP) is 2.70. The molecular formula is C27H32N2O9. The molecule has 1 amide bonds. The fourth-order valence-corrected chi connectivity index (χ4v) is 6.15. The number of nitrogens with zero attached hydrogens (tertiary/aromatic N) is 2. The van der Waals surface area contributed by atoms with Crippen molar-refractivity contribution < 1.29 is 43.5 Å². The lowest BCUT2D eigenvalue weighted by Crippen LogP contribution is -2.49. The van der Waals surface area contributed by atoms with Crippen LogP contribution in [0.3, 0.4) is 0 Å². The molecule has 11 nitrogen and oxygen atoms in total. The second kappa shape index (κ2) is 9.79. The normalized spacial score (nSPS) is 23.9. The van der Waals surface area contributed by atoms with Crippen LogP contribution in [0.1, 0.15) is 28.5 Å². The molecule has 1 saturated heterocycles. The summed E-state index contributed by atoms with van der Waals surface area (Å²) in [6, 6.07) is 7.00. The van der Waals surface area contributed by atoms with Gasteiger partial charge in [0.2, 0.25) is 12.5 Å². The van der Waals surface area contributed by atoms with Gasteiger partial charge in [0.15, 0.2) is 23.0 Å². The first kappa shape index (κ1) is 25.8. The van der Waals surface area contributed by atoms with Crippen LogP contribution in [0.2, 0.25) is 0 Å². The Morgan fingerprint density at radius 2 is 1.63 bits per heavy atom. The maximum atomic E-state index is 13.4. The molecule has 0 saturated carbocycles. The largest absolute Gasteiger partial charge is 0.502 e. The van der Waals surface area contributed by atoms with E-state index in [1.807, 2.05) is 31.1 Å². The molecule has 11 heteroatoms. The van der Waals surface area contributed by atoms with Crippen molar-refractivity contribution in [1.82, 2.24) is 9.80 Å². The van der Waals surface area contributed by atoms with Crippen molar-refractivity contribution in [2.45, 2.75) is 17.9 Å². The molecule has 38 heavy (non-hydrogen) atoms. The quantitative estimate of drug-likeness (QED) is 0.518. The molecule has 1 fully saturated rings. The number of esters is 1. The monoisotopic (exact) mass is 528 g/mol. The van der Waals surface area contributed by atoms with E-state index in [2.05, 4.69) is 0 Å². The van der Waals surface area contributed by atoms with Gasteiger partial charge in [0, 0.05) is 37.4 Å². The van der Waals surface area contributed by atoms with Gasteiger partial charge in [-0.1, -0.05) is 0 Å². The van der Waals surface area contributed by atoms with Crippen molar-refractivity contribution >= 4 is 12.1 Å². The van der Waals surface area contributed by atoms with Crippen LogP contribution in [-0.2, 0) is 9.53 Å². The summed E-state index contributed by atoms with van der Waals surface area (Å²) >= 11 is 0. The Morgan fingerprint density at radius 1 is 1.03 bits per heavy atom. The number of fused-ring (bicyclic) bond motifs is 3. The number of benzene rings is 2. The second-order valence-corrected chi connectivity index (χ2v) is 10.1. The van der Waals surface area contributed by atoms with Crippen LogP contribution in [0, 0.1) is 11.8 Å². The van der Waals surface area contributed by atoms with E-state index in [0.717, 1.165) is 11.1 Å². The van der Waals surface area contributed by atoms with Crippen LogP contribution < -0.4 is 18.9 Å². The number of rotatable bonds is 7. The third-order valence-corrected chi connectivity index (χ3v) is 7.97. The summed E-state index contributed by atoms with van der Waals surface area (Å²) in [4.78, 5) is 28.4. The van der Waals surface area contributed by atoms with Crippen molar-refractivity contribution in [3.05, 3.63) is 41.0 Å². The van der Waals surface area contributed by atoms with Gasteiger partial charge in [-0.15, -0.1) is 0 Å². The molecule has 204 valence electrons. The fraction of sp³-hybridized carbons (Fsp3) is 0.481. The molecule has 2 aliphatic heterocycles. The second-order valence-electron chi connectivity index (χ2n) is 10.1. The van der Waals surface area contributed by atoms with Crippen LogP contribution in [0.15, 0.2) is 24.3 Å². The van der Waals surface area contributed by atoms with Gasteiger partial charge in [-0.2, -0.15) is 0 Å². The number of ether oxygens (including phenoxy) is 5. The zero-order valence-electron chi connectivity index (χ0n) is 22.0. The van der Waals surface area contributed by atoms with Gasteiger partial charge >= 0.3 is 12.1 Å². The lowest BCUT2D eigenvalue weighted by Gasteiger charge is -2.45. The fourth-order valence-electron chi connectivity index (χ4n) is 6.15. The number of aromatic hydroxyl groups is 1. The Balaban J connectivity index is 1.74. The molecule has 2 N–H and O–H groups in total. The van der Waals surface area contributed by atoms with Gasteiger partial charge in [0.25, 0.3) is 0 Å². The molecule has 2 aromatic carbocycles. The summed E-state index contributed by atoms with van der Waals surface area (Å²) in [5.41, 5.74) is 2.49. The highest BCUT2D eigenvalue weighted by molar-refractivity contribution is 5.79. The van der Waals surface area contributed by atoms with Gasteiger partial charge < -0.3 is 43.7 Å². The minimum absolute atomic E-state index is 0.0855. The van der Waals surface area contributed by atoms with Crippen LogP contribution in [0.4, 0.5) is 4.79 Å². The molecule has 1 unspecified atom stereocenters. The van der Waals surface area contributed by atoms with Gasteiger partial charge in [-0.3, -0.25) is 4.79 Å². The molecule has 2 heterocycles. The van der Waals surface area contributed by atoms with Crippen LogP contribution >= 0.6 is 0 Å². The van der Waals surface area contributed by atoms with Crippen molar-refractivity contribution in [3.63, 3.8) is 0 Å². The van der Waals surface area contributed by atoms with Crippen LogP contribution in [0.5, 0.6) is 28.7 Å². The van der Waals surface area contributed by atoms with E-state index in [9.17, 15) is 19.8 Å². The first-order chi connectivity index (χ1) is 18.2. The van der Waals surface area contributed by atoms with Gasteiger partial charge in [0.1, 0.15) is 0 Å². The van der Waals surface area contributed by atoms with E-state index in [1.165, 1.54) is 26.2 Å². The van der Waals surface area contributed by atoms with Crippen molar-refractivity contribution in [2.24, 2.45) is 11.8 Å². The zero-order valence-corrected chi connectivity index (χ0v) is 22.0. The Morgan fingerprint density at radius 3 is 2.18 bits per heavy atom. The minimum atomic E-state index is -1.03. The van der Waals surface area contributed by atoms with Crippen LogP contribution in [0.25, 0.3) is 0 Å². The molecule has 0 bridgehead atoms. The summed E-state index contributed by atoms with van der Waals surface area (Å²) in [6.45, 7) is 0.512. The molecule has 5 rings (SSSR count). The summed E-state index contributed by atoms with van der Waals surface area (Å²) in [7, 11) is 8.25. The summed E-state index contributed by atoms with van der Waals surface area (Å²) < 4.78 is 27.9. The van der Waals surface area contributed by atoms with E-state index in [1.54, 1.807) is 12.1 Å². The van der Waals surface area contributed by atoms with Gasteiger partial charge in [-0.05, 0) is 55.1 Å². The average Bonchev–Trinajstić information content (AvgIpc) is 3.51. The number of phenolic OH excluding ortho intramolecular Hbond substituents is 1. The van der Waals surface area contributed by atoms with Crippen molar-refractivity contribution in [3.8, 4) is 28.7 Å². The summed E-state index contributed by atoms with van der Waals surface area (Å²) in [5.74, 6) is -0.368. The highest BCUT2D eigenvalue weighted by Crippen LogP contribution is 2.57. The molecule has 0 radical (unpaired) electrons. The summed E-state index contributed by atoms with van der Waals surface area (Å²) in [5, 5.41) is 20.2. The Kier molecular flexibility index (Phi) is 6.64. The van der Waals surface area contributed by atoms with Crippen molar-refractivity contribution in [2.75, 3.05) is 55.3 Å². The maximum absolute atomic E-state index is 13.4. The number of phenols is 1. The molecule has 0 spiro atoms. The standard InChI is InChI=1S/C27H32N2O9/c1-28(2)17(10-29(3)27(32)33)23-15-9-19-18(37-12-38-19)8-14(15)22(24-16(23)11-36-26(24)31)13-6-20(34-4)25(30)21(7-13)35-5/h6-9,16-17,22-24,30H,10-12H2,1-5H3,(H,32,33)/t16-,17?,22+,23+,24-/m0/s1. The number of carboxylic acid groups (broad SMARTS) is 1. The van der Waals surface area contributed by atoms with E-state index in [-0.39, 0.29) is 61.0 Å². The Hall–Kier alpha value is -3.86. The highest BCUT2D eigenvalue weighted by atomic mass is 16.7. The minimum Gasteiger partial charge on any atom is -0.502 e. The number of amides is 1. The topological polar surface area (TPSA) is 127 Å². The molecule has 1 aliphatic carbocycles. The maximum Gasteiger partial charge on any atom is 0.407 e. The number of carbonyl (C=O) groups excluding carboxylic acids is 1. The number of carbonyl (C=O) groups is 2. The number of likely N-dealkylation sites (N-methyl/N-ethyl adjacent to an activating group) is 2. The van der Waals surface area contributed by atoms with Crippen molar-refractivity contribution in [1.29, 1.82) is 0 Å². The smallest absolute Gasteiger partial charge is 0.407 e. The van der Waals surface area contributed by atoms with E-state index in [4.69, 9.17) is 23.7 Å². The lowest BCUT2D eigenvalue weighted by atomic mass is 9.61. The van der Waals surface area contributed by atoms with E-state index < -0.39 is 17.9 Å². The Labute approximate surface area is 220 Å². The van der Waals surface area contributed by atoms with Crippen LogP contribution in [-0.4, -0.2) is 93.4 Å². The number of methoxy groups -OCH3 is 2. The number of hydrogen-bond donors (Lipinski definition) is 2. The van der Waals surface area contributed by atoms with E-state index in [0.29, 0.717) is 17.1 Å². The molecule has 2 aromatic rings. The summed E-state index contributed by atoms with van der Waals surface area (Å²) in [6.07, 6.45) is -1.03. The first-order valence-electron chi connectivity index (χ1n) is 12.3. The molecular weight excluding hydrogens is 496 g/mol. The number of cyclic esters (lactones) is 1. The highest BCUT2D eigenvalue weighted by Gasteiger charge is 2.54. The first-order valence-corrected chi connectivity index (χ1v) is 12.3. The van der Waals surface area contributed by atoms with E-state index >= 15 is 0 Å². The molecule has 0 aromatic heterocycles. The third-order valence-electron chi connectivity index (χ3n) is 7.97. The van der Waals surface area contributed by atoms with Gasteiger partial charge in [0.05, 0.1) is 26.7 Å². The molecule has 5 atom stereocenters. The average molecular weight is 529 g/mol. The predicted molar refractivity (Wildman–Crippen MR) is 134 cm³/mol. The number of hydrogen-bond acceptors (Lipinski definition) is 9. The third kappa shape index (κ3) is 4.10. The lowest BCUT2D eigenvalue weighted by molar-refractivity contribution is -0.141. The zero-order chi connectivity index (χ0) is 27.3. The molecule has 3 aliphatic rings. The SMILES string of the molecule is COc1cc([C@@H]2c3cc4c(cc3[C@@H](C(CN(C)C(=O)O)N(C)C)[C@@H]3COC(=O)[C@H]23)OCO4)cc(OC)c1O. The Bertz CT molecular complexity index is 1240.